The monoisotopic (exact) mass is 436 g/mol. The normalized spacial score (nSPS) is 14.5. The molecular weight excluding hydrogens is 412 g/mol. The Kier molecular flexibility index (Phi) is 6.29. The molecule has 2 heterocycles. The first-order valence-corrected chi connectivity index (χ1v) is 11.6. The van der Waals surface area contributed by atoms with E-state index in [1.807, 2.05) is 23.1 Å². The summed E-state index contributed by atoms with van der Waals surface area (Å²) in [5, 5.41) is 0. The maximum atomic E-state index is 12.8. The van der Waals surface area contributed by atoms with Crippen molar-refractivity contribution in [3.63, 3.8) is 0 Å². The van der Waals surface area contributed by atoms with E-state index in [1.54, 1.807) is 60.8 Å². The van der Waals surface area contributed by atoms with Gasteiger partial charge in [-0.2, -0.15) is 0 Å². The standard InChI is InChI=1S/C23H24N4O3S/c28-23(27-16-14-26(15-17-27)22-8-4-5-13-24-22)20-11-9-19(10-12-20)18-25-31(29,30)21-6-2-1-3-7-21/h1-13,25H,14-18H2. The highest BCUT2D eigenvalue weighted by Gasteiger charge is 2.22. The van der Waals surface area contributed by atoms with Crippen LogP contribution in [0.1, 0.15) is 15.9 Å². The molecule has 0 spiro atoms. The number of carbonyl (C=O) groups excluding carboxylic acids is 1. The van der Waals surface area contributed by atoms with Crippen LogP contribution in [0.2, 0.25) is 0 Å². The molecule has 8 heteroatoms. The van der Waals surface area contributed by atoms with E-state index < -0.39 is 10.0 Å². The summed E-state index contributed by atoms with van der Waals surface area (Å²) in [6.45, 7) is 2.90. The third-order valence-electron chi connectivity index (χ3n) is 5.26. The lowest BCUT2D eigenvalue weighted by atomic mass is 10.1. The van der Waals surface area contributed by atoms with Crippen LogP contribution < -0.4 is 9.62 Å². The molecule has 1 aliphatic heterocycles. The largest absolute Gasteiger partial charge is 0.353 e. The van der Waals surface area contributed by atoms with Gasteiger partial charge in [0.2, 0.25) is 10.0 Å². The fraction of sp³-hybridized carbons (Fsp3) is 0.217. The molecule has 2 aromatic carbocycles. The lowest BCUT2D eigenvalue weighted by Gasteiger charge is -2.35. The molecule has 1 fully saturated rings. The summed E-state index contributed by atoms with van der Waals surface area (Å²) >= 11 is 0. The summed E-state index contributed by atoms with van der Waals surface area (Å²) in [6, 6.07) is 21.1. The number of amides is 1. The summed E-state index contributed by atoms with van der Waals surface area (Å²) < 4.78 is 27.3. The number of hydrogen-bond donors (Lipinski definition) is 1. The number of nitrogens with zero attached hydrogens (tertiary/aromatic N) is 3. The van der Waals surface area contributed by atoms with E-state index in [0.717, 1.165) is 24.5 Å². The van der Waals surface area contributed by atoms with Gasteiger partial charge in [-0.3, -0.25) is 4.79 Å². The Morgan fingerprint density at radius 3 is 2.19 bits per heavy atom. The molecule has 0 radical (unpaired) electrons. The van der Waals surface area contributed by atoms with Gasteiger partial charge in [0, 0.05) is 44.5 Å². The van der Waals surface area contributed by atoms with E-state index in [1.165, 1.54) is 0 Å². The third-order valence-corrected chi connectivity index (χ3v) is 6.68. The Bertz CT molecular complexity index is 1110. The number of nitrogens with one attached hydrogen (secondary N) is 1. The van der Waals surface area contributed by atoms with Gasteiger partial charge in [-0.05, 0) is 42.0 Å². The van der Waals surface area contributed by atoms with Gasteiger partial charge in [0.15, 0.2) is 0 Å². The first-order valence-electron chi connectivity index (χ1n) is 10.1. The first-order chi connectivity index (χ1) is 15.0. The molecule has 0 bridgehead atoms. The molecule has 160 valence electrons. The summed E-state index contributed by atoms with van der Waals surface area (Å²) in [7, 11) is -3.57. The number of carbonyl (C=O) groups is 1. The second-order valence-corrected chi connectivity index (χ2v) is 9.07. The van der Waals surface area contributed by atoms with Crippen molar-refractivity contribution >= 4 is 21.7 Å². The van der Waals surface area contributed by atoms with E-state index in [2.05, 4.69) is 14.6 Å². The average Bonchev–Trinajstić information content (AvgIpc) is 2.84. The smallest absolute Gasteiger partial charge is 0.253 e. The summed E-state index contributed by atoms with van der Waals surface area (Å²) in [6.07, 6.45) is 1.77. The van der Waals surface area contributed by atoms with Gasteiger partial charge in [-0.15, -0.1) is 0 Å². The molecule has 7 nitrogen and oxygen atoms in total. The zero-order valence-electron chi connectivity index (χ0n) is 17.0. The highest BCUT2D eigenvalue weighted by atomic mass is 32.2. The predicted molar refractivity (Wildman–Crippen MR) is 119 cm³/mol. The Morgan fingerprint density at radius 1 is 0.871 bits per heavy atom. The minimum absolute atomic E-state index is 0.0166. The molecule has 31 heavy (non-hydrogen) atoms. The number of aromatic nitrogens is 1. The Balaban J connectivity index is 1.32. The van der Waals surface area contributed by atoms with Crippen molar-refractivity contribution in [3.8, 4) is 0 Å². The molecule has 1 aliphatic rings. The number of piperazine rings is 1. The van der Waals surface area contributed by atoms with E-state index in [4.69, 9.17) is 0 Å². The molecule has 0 atom stereocenters. The number of rotatable bonds is 6. The van der Waals surface area contributed by atoms with E-state index in [0.29, 0.717) is 18.7 Å². The summed E-state index contributed by atoms with van der Waals surface area (Å²) in [5.74, 6) is 0.911. The SMILES string of the molecule is O=C(c1ccc(CNS(=O)(=O)c2ccccc2)cc1)N1CCN(c2ccccn2)CC1. The Labute approximate surface area is 182 Å². The molecular formula is C23H24N4O3S. The number of pyridine rings is 1. The van der Waals surface area contributed by atoms with Crippen molar-refractivity contribution in [2.24, 2.45) is 0 Å². The van der Waals surface area contributed by atoms with Gasteiger partial charge < -0.3 is 9.80 Å². The molecule has 1 N–H and O–H groups in total. The first kappa shape index (κ1) is 21.0. The lowest BCUT2D eigenvalue weighted by molar-refractivity contribution is 0.0746. The topological polar surface area (TPSA) is 82.6 Å². The van der Waals surface area contributed by atoms with E-state index >= 15 is 0 Å². The molecule has 1 amide bonds. The fourth-order valence-electron chi connectivity index (χ4n) is 3.49. The van der Waals surface area contributed by atoms with Gasteiger partial charge in [-0.25, -0.2) is 18.1 Å². The van der Waals surface area contributed by atoms with E-state index in [9.17, 15) is 13.2 Å². The minimum Gasteiger partial charge on any atom is -0.353 e. The van der Waals surface area contributed by atoms with Crippen LogP contribution in [-0.4, -0.2) is 50.4 Å². The van der Waals surface area contributed by atoms with Crippen molar-refractivity contribution in [1.82, 2.24) is 14.6 Å². The number of benzene rings is 2. The van der Waals surface area contributed by atoms with Crippen LogP contribution in [0.25, 0.3) is 0 Å². The molecule has 0 unspecified atom stereocenters. The Hall–Kier alpha value is -3.23. The average molecular weight is 437 g/mol. The predicted octanol–water partition coefficient (Wildman–Crippen LogP) is 2.52. The van der Waals surface area contributed by atoms with Gasteiger partial charge in [0.25, 0.3) is 5.91 Å². The number of hydrogen-bond acceptors (Lipinski definition) is 5. The number of anilines is 1. The molecule has 3 aromatic rings. The van der Waals surface area contributed by atoms with Crippen LogP contribution in [0.15, 0.2) is 83.9 Å². The quantitative estimate of drug-likeness (QED) is 0.642. The summed E-state index contributed by atoms with van der Waals surface area (Å²) in [5.41, 5.74) is 1.39. The minimum atomic E-state index is -3.57. The lowest BCUT2D eigenvalue weighted by Crippen LogP contribution is -2.49. The highest BCUT2D eigenvalue weighted by molar-refractivity contribution is 7.89. The van der Waals surface area contributed by atoms with Gasteiger partial charge in [-0.1, -0.05) is 36.4 Å². The van der Waals surface area contributed by atoms with Crippen LogP contribution >= 0.6 is 0 Å². The van der Waals surface area contributed by atoms with Crippen molar-refractivity contribution in [2.75, 3.05) is 31.1 Å². The van der Waals surface area contributed by atoms with Crippen molar-refractivity contribution in [2.45, 2.75) is 11.4 Å². The van der Waals surface area contributed by atoms with Crippen molar-refractivity contribution in [3.05, 3.63) is 90.1 Å². The third kappa shape index (κ3) is 5.10. The van der Waals surface area contributed by atoms with Crippen molar-refractivity contribution in [1.29, 1.82) is 0 Å². The fourth-order valence-corrected chi connectivity index (χ4v) is 4.53. The molecule has 1 saturated heterocycles. The van der Waals surface area contributed by atoms with E-state index in [-0.39, 0.29) is 17.3 Å². The Morgan fingerprint density at radius 2 is 1.55 bits per heavy atom. The van der Waals surface area contributed by atoms with Crippen LogP contribution in [0.3, 0.4) is 0 Å². The number of sulfonamides is 1. The zero-order valence-corrected chi connectivity index (χ0v) is 17.8. The van der Waals surface area contributed by atoms with Crippen LogP contribution in [0.5, 0.6) is 0 Å². The molecule has 0 aliphatic carbocycles. The maximum absolute atomic E-state index is 12.8. The second-order valence-electron chi connectivity index (χ2n) is 7.30. The van der Waals surface area contributed by atoms with Crippen molar-refractivity contribution < 1.29 is 13.2 Å². The van der Waals surface area contributed by atoms with Gasteiger partial charge in [0.1, 0.15) is 5.82 Å². The summed E-state index contributed by atoms with van der Waals surface area (Å²) in [4.78, 5) is 21.4. The highest BCUT2D eigenvalue weighted by Crippen LogP contribution is 2.15. The van der Waals surface area contributed by atoms with Crippen LogP contribution in [-0.2, 0) is 16.6 Å². The van der Waals surface area contributed by atoms with Gasteiger partial charge in [0.05, 0.1) is 4.90 Å². The molecule has 0 saturated carbocycles. The van der Waals surface area contributed by atoms with Gasteiger partial charge >= 0.3 is 0 Å². The molecule has 4 rings (SSSR count). The maximum Gasteiger partial charge on any atom is 0.253 e. The second kappa shape index (κ2) is 9.28. The van der Waals surface area contributed by atoms with Crippen LogP contribution in [0.4, 0.5) is 5.82 Å². The zero-order chi connectivity index (χ0) is 21.7. The van der Waals surface area contributed by atoms with Crippen LogP contribution in [0, 0.1) is 0 Å². The molecule has 1 aromatic heterocycles.